The quantitative estimate of drug-likeness (QED) is 0.689. The second kappa shape index (κ2) is 7.32. The molecule has 0 bridgehead atoms. The lowest BCUT2D eigenvalue weighted by Gasteiger charge is -2.08. The predicted molar refractivity (Wildman–Crippen MR) is 100 cm³/mol. The first-order valence-corrected chi connectivity index (χ1v) is 8.61. The Morgan fingerprint density at radius 3 is 2.32 bits per heavy atom. The SMILES string of the molecule is COC(=O)c1c(-c2ccc(C)cc2)csc1NC(=O)c1ccccc1. The number of ether oxygens (including phenoxy) is 1. The number of esters is 1. The van der Waals surface area contributed by atoms with Crippen molar-refractivity contribution in [3.63, 3.8) is 0 Å². The molecule has 3 rings (SSSR count). The van der Waals surface area contributed by atoms with Gasteiger partial charge in [-0.05, 0) is 24.6 Å². The zero-order valence-corrected chi connectivity index (χ0v) is 14.7. The first-order valence-electron chi connectivity index (χ1n) is 7.73. The highest BCUT2D eigenvalue weighted by atomic mass is 32.1. The maximum Gasteiger partial charge on any atom is 0.341 e. The van der Waals surface area contributed by atoms with E-state index < -0.39 is 5.97 Å². The highest BCUT2D eigenvalue weighted by Gasteiger charge is 2.22. The van der Waals surface area contributed by atoms with Gasteiger partial charge < -0.3 is 10.1 Å². The van der Waals surface area contributed by atoms with Crippen molar-refractivity contribution in [1.29, 1.82) is 0 Å². The fourth-order valence-corrected chi connectivity index (χ4v) is 3.42. The molecule has 3 aromatic rings. The Morgan fingerprint density at radius 1 is 1.00 bits per heavy atom. The van der Waals surface area contributed by atoms with Crippen molar-refractivity contribution in [2.75, 3.05) is 12.4 Å². The van der Waals surface area contributed by atoms with E-state index in [1.54, 1.807) is 24.3 Å². The van der Waals surface area contributed by atoms with E-state index in [-0.39, 0.29) is 5.91 Å². The average Bonchev–Trinajstić information content (AvgIpc) is 3.06. The molecule has 0 saturated heterocycles. The molecular formula is C20H17NO3S. The maximum absolute atomic E-state index is 12.4. The number of rotatable bonds is 4. The van der Waals surface area contributed by atoms with Crippen LogP contribution in [0.3, 0.4) is 0 Å². The average molecular weight is 351 g/mol. The maximum atomic E-state index is 12.4. The Balaban J connectivity index is 1.98. The van der Waals surface area contributed by atoms with Crippen LogP contribution in [0.25, 0.3) is 11.1 Å². The number of thiophene rings is 1. The zero-order chi connectivity index (χ0) is 17.8. The Morgan fingerprint density at radius 2 is 1.68 bits per heavy atom. The smallest absolute Gasteiger partial charge is 0.341 e. The number of carbonyl (C=O) groups excluding carboxylic acids is 2. The third-order valence-electron chi connectivity index (χ3n) is 3.81. The number of carbonyl (C=O) groups is 2. The van der Waals surface area contributed by atoms with Gasteiger partial charge in [-0.25, -0.2) is 4.79 Å². The minimum Gasteiger partial charge on any atom is -0.465 e. The molecule has 4 nitrogen and oxygen atoms in total. The Bertz CT molecular complexity index is 898. The lowest BCUT2D eigenvalue weighted by Crippen LogP contribution is -2.14. The summed E-state index contributed by atoms with van der Waals surface area (Å²) in [6.45, 7) is 2.00. The van der Waals surface area contributed by atoms with E-state index in [0.29, 0.717) is 16.1 Å². The van der Waals surface area contributed by atoms with Crippen LogP contribution in [0, 0.1) is 6.92 Å². The van der Waals surface area contributed by atoms with Gasteiger partial charge in [0.05, 0.1) is 7.11 Å². The van der Waals surface area contributed by atoms with E-state index in [1.807, 2.05) is 42.6 Å². The van der Waals surface area contributed by atoms with Crippen molar-refractivity contribution in [3.05, 3.63) is 76.7 Å². The molecule has 0 spiro atoms. The normalized spacial score (nSPS) is 10.3. The summed E-state index contributed by atoms with van der Waals surface area (Å²) in [6.07, 6.45) is 0. The summed E-state index contributed by atoms with van der Waals surface area (Å²) in [5.41, 5.74) is 3.70. The van der Waals surface area contributed by atoms with Gasteiger partial charge >= 0.3 is 5.97 Å². The van der Waals surface area contributed by atoms with Crippen LogP contribution in [0.4, 0.5) is 5.00 Å². The number of hydrogen-bond donors (Lipinski definition) is 1. The molecule has 25 heavy (non-hydrogen) atoms. The summed E-state index contributed by atoms with van der Waals surface area (Å²) in [6, 6.07) is 16.7. The lowest BCUT2D eigenvalue weighted by molar-refractivity contribution is 0.0603. The molecule has 0 aliphatic rings. The number of amides is 1. The molecule has 126 valence electrons. The number of methoxy groups -OCH3 is 1. The third kappa shape index (κ3) is 3.61. The third-order valence-corrected chi connectivity index (χ3v) is 4.70. The van der Waals surface area contributed by atoms with E-state index >= 15 is 0 Å². The molecule has 5 heteroatoms. The number of anilines is 1. The molecule has 1 aromatic heterocycles. The molecule has 0 unspecified atom stereocenters. The second-order valence-electron chi connectivity index (χ2n) is 5.53. The number of benzene rings is 2. The van der Waals surface area contributed by atoms with Crippen LogP contribution in [0.5, 0.6) is 0 Å². The molecule has 0 radical (unpaired) electrons. The van der Waals surface area contributed by atoms with Gasteiger partial charge in [0.15, 0.2) is 0 Å². The van der Waals surface area contributed by atoms with Crippen molar-refractivity contribution < 1.29 is 14.3 Å². The van der Waals surface area contributed by atoms with E-state index in [2.05, 4.69) is 5.32 Å². The van der Waals surface area contributed by atoms with Crippen LogP contribution >= 0.6 is 11.3 Å². The standard InChI is InChI=1S/C20H17NO3S/c1-13-8-10-14(11-9-13)16-12-25-19(17(16)20(23)24-2)21-18(22)15-6-4-3-5-7-15/h3-12H,1-2H3,(H,21,22). The van der Waals surface area contributed by atoms with Crippen LogP contribution in [0.15, 0.2) is 60.0 Å². The minimum absolute atomic E-state index is 0.261. The number of aryl methyl sites for hydroxylation is 1. The van der Waals surface area contributed by atoms with E-state index in [4.69, 9.17) is 4.74 Å². The molecule has 0 aliphatic carbocycles. The monoisotopic (exact) mass is 351 g/mol. The van der Waals surface area contributed by atoms with E-state index in [0.717, 1.165) is 16.7 Å². The Hall–Kier alpha value is -2.92. The molecule has 1 N–H and O–H groups in total. The van der Waals surface area contributed by atoms with Gasteiger partial charge in [0, 0.05) is 16.5 Å². The summed E-state index contributed by atoms with van der Waals surface area (Å²) in [4.78, 5) is 24.7. The van der Waals surface area contributed by atoms with Gasteiger partial charge in [-0.3, -0.25) is 4.79 Å². The van der Waals surface area contributed by atoms with Crippen LogP contribution < -0.4 is 5.32 Å². The van der Waals surface area contributed by atoms with Crippen LogP contribution in [0.2, 0.25) is 0 Å². The van der Waals surface area contributed by atoms with Gasteiger partial charge in [0.1, 0.15) is 10.6 Å². The molecule has 2 aromatic carbocycles. The van der Waals surface area contributed by atoms with Gasteiger partial charge in [-0.2, -0.15) is 0 Å². The topological polar surface area (TPSA) is 55.4 Å². The summed E-state index contributed by atoms with van der Waals surface area (Å²) in [5.74, 6) is -0.733. The van der Waals surface area contributed by atoms with Gasteiger partial charge in [-0.15, -0.1) is 11.3 Å². The molecule has 0 saturated carbocycles. The summed E-state index contributed by atoms with van der Waals surface area (Å²) >= 11 is 1.31. The number of hydrogen-bond acceptors (Lipinski definition) is 4. The first-order chi connectivity index (χ1) is 12.1. The first kappa shape index (κ1) is 16.9. The largest absolute Gasteiger partial charge is 0.465 e. The van der Waals surface area contributed by atoms with E-state index in [9.17, 15) is 9.59 Å². The Labute approximate surface area is 150 Å². The number of nitrogens with one attached hydrogen (secondary N) is 1. The molecule has 0 aliphatic heterocycles. The van der Waals surface area contributed by atoms with Gasteiger partial charge in [0.2, 0.25) is 0 Å². The van der Waals surface area contributed by atoms with Crippen LogP contribution in [0.1, 0.15) is 26.3 Å². The fraction of sp³-hybridized carbons (Fsp3) is 0.100. The Kier molecular flexibility index (Phi) is 4.95. The molecule has 0 fully saturated rings. The summed E-state index contributed by atoms with van der Waals surface area (Å²) < 4.78 is 4.92. The highest BCUT2D eigenvalue weighted by Crippen LogP contribution is 2.36. The molecular weight excluding hydrogens is 334 g/mol. The van der Waals surface area contributed by atoms with Crippen molar-refractivity contribution in [2.24, 2.45) is 0 Å². The minimum atomic E-state index is -0.472. The predicted octanol–water partition coefficient (Wildman–Crippen LogP) is 4.76. The van der Waals surface area contributed by atoms with Crippen molar-refractivity contribution in [2.45, 2.75) is 6.92 Å². The summed E-state index contributed by atoms with van der Waals surface area (Å²) in [7, 11) is 1.34. The van der Waals surface area contributed by atoms with Crippen LogP contribution in [-0.2, 0) is 4.74 Å². The fourth-order valence-electron chi connectivity index (χ4n) is 2.47. The van der Waals surface area contributed by atoms with Crippen LogP contribution in [-0.4, -0.2) is 19.0 Å². The second-order valence-corrected chi connectivity index (χ2v) is 6.41. The molecule has 1 heterocycles. The summed E-state index contributed by atoms with van der Waals surface area (Å²) in [5, 5.41) is 5.16. The van der Waals surface area contributed by atoms with Crippen molar-refractivity contribution >= 4 is 28.2 Å². The highest BCUT2D eigenvalue weighted by molar-refractivity contribution is 7.15. The zero-order valence-electron chi connectivity index (χ0n) is 13.9. The van der Waals surface area contributed by atoms with Crippen molar-refractivity contribution in [1.82, 2.24) is 0 Å². The van der Waals surface area contributed by atoms with Gasteiger partial charge in [0.25, 0.3) is 5.91 Å². The lowest BCUT2D eigenvalue weighted by atomic mass is 10.0. The van der Waals surface area contributed by atoms with Gasteiger partial charge in [-0.1, -0.05) is 48.0 Å². The van der Waals surface area contributed by atoms with Crippen molar-refractivity contribution in [3.8, 4) is 11.1 Å². The molecule has 0 atom stereocenters. The van der Waals surface area contributed by atoms with E-state index in [1.165, 1.54) is 18.4 Å². The molecule has 1 amide bonds.